The van der Waals surface area contributed by atoms with E-state index in [0.717, 1.165) is 35.3 Å². The normalized spacial score (nSPS) is 13.8. The third-order valence-corrected chi connectivity index (χ3v) is 6.13. The van der Waals surface area contributed by atoms with Crippen LogP contribution in [0.3, 0.4) is 0 Å². The fraction of sp³-hybridized carbons (Fsp3) is 0.857. The minimum Gasteiger partial charge on any atom is -0.395 e. The molecule has 0 saturated carbocycles. The van der Waals surface area contributed by atoms with Crippen molar-refractivity contribution in [2.45, 2.75) is 64.5 Å². The lowest BCUT2D eigenvalue weighted by atomic mass is 10.3. The van der Waals surface area contributed by atoms with E-state index in [2.05, 4.69) is 45.9 Å². The van der Waals surface area contributed by atoms with Crippen LogP contribution in [0.15, 0.2) is 12.2 Å². The van der Waals surface area contributed by atoms with Gasteiger partial charge >= 0.3 is 0 Å². The Kier molecular flexibility index (Phi) is 8.16. The molecule has 3 nitrogen and oxygen atoms in total. The fourth-order valence-electron chi connectivity index (χ4n) is 2.16. The van der Waals surface area contributed by atoms with Crippen LogP contribution >= 0.6 is 0 Å². The van der Waals surface area contributed by atoms with Crippen molar-refractivity contribution in [3.63, 3.8) is 0 Å². The first kappa shape index (κ1) is 20.3. The van der Waals surface area contributed by atoms with Gasteiger partial charge in [-0.3, -0.25) is 0 Å². The first-order chi connectivity index (χ1) is 8.83. The van der Waals surface area contributed by atoms with Crippen LogP contribution in [0.5, 0.6) is 0 Å². The lowest BCUT2D eigenvalue weighted by molar-refractivity contribution is -0.0626. The summed E-state index contributed by atoms with van der Waals surface area (Å²) < 4.78 is 18.3. The molecule has 120 valence electrons. The highest BCUT2D eigenvalue weighted by molar-refractivity contribution is 6.71. The van der Waals surface area contributed by atoms with Gasteiger partial charge in [0.05, 0.1) is 16.8 Å². The van der Waals surface area contributed by atoms with Crippen molar-refractivity contribution in [2.75, 3.05) is 13.2 Å². The second-order valence-electron chi connectivity index (χ2n) is 7.68. The van der Waals surface area contributed by atoms with Gasteiger partial charge in [-0.05, 0) is 59.0 Å². The molecule has 0 spiro atoms. The summed E-state index contributed by atoms with van der Waals surface area (Å²) in [4.78, 5) is 0. The fourth-order valence-corrected chi connectivity index (χ4v) is 9.15. The Labute approximate surface area is 130 Å². The molecule has 0 radical (unpaired) electrons. The van der Waals surface area contributed by atoms with Gasteiger partial charge in [-0.2, -0.15) is 0 Å². The van der Waals surface area contributed by atoms with Crippen LogP contribution in [0.4, 0.5) is 0 Å². The third kappa shape index (κ3) is 12.0. The van der Waals surface area contributed by atoms with Crippen LogP contribution in [0.1, 0.15) is 19.8 Å². The highest BCUT2D eigenvalue weighted by Gasteiger charge is 2.35. The lowest BCUT2D eigenvalue weighted by Crippen LogP contribution is -2.50. The standard InChI is InChI=1S/C14H34O3Si3/c1-13(2)12-15-11-9-10-14(18,16-19(3,4)5)17-20(6,7)8/h1,9-12H2,2-8,18H3. The molecule has 0 atom stereocenters. The Morgan fingerprint density at radius 1 is 1.05 bits per heavy atom. The maximum absolute atomic E-state index is 6.37. The summed E-state index contributed by atoms with van der Waals surface area (Å²) in [6.07, 6.45) is 1.91. The quantitative estimate of drug-likeness (QED) is 0.266. The molecule has 0 heterocycles. The largest absolute Gasteiger partial charge is 0.395 e. The van der Waals surface area contributed by atoms with Crippen LogP contribution in [0.2, 0.25) is 39.3 Å². The number of hydrogen-bond donors (Lipinski definition) is 0. The molecular formula is C14H34O3Si3. The molecule has 20 heavy (non-hydrogen) atoms. The molecule has 0 amide bonds. The number of hydrogen-bond acceptors (Lipinski definition) is 3. The van der Waals surface area contributed by atoms with Crippen molar-refractivity contribution >= 4 is 26.9 Å². The zero-order chi connectivity index (χ0) is 16.0. The zero-order valence-corrected chi connectivity index (χ0v) is 18.8. The van der Waals surface area contributed by atoms with Gasteiger partial charge in [-0.1, -0.05) is 12.2 Å². The second kappa shape index (κ2) is 8.05. The van der Waals surface area contributed by atoms with E-state index in [0.29, 0.717) is 6.61 Å². The minimum absolute atomic E-state index is 0.332. The summed E-state index contributed by atoms with van der Waals surface area (Å²) in [5, 5.41) is 0. The van der Waals surface area contributed by atoms with Crippen molar-refractivity contribution in [3.8, 4) is 0 Å². The van der Waals surface area contributed by atoms with Gasteiger partial charge in [0.1, 0.15) is 5.41 Å². The highest BCUT2D eigenvalue weighted by Crippen LogP contribution is 2.26. The minimum atomic E-state index is -1.60. The molecule has 0 aromatic carbocycles. The van der Waals surface area contributed by atoms with Crippen LogP contribution < -0.4 is 0 Å². The van der Waals surface area contributed by atoms with E-state index in [1.165, 1.54) is 0 Å². The molecular weight excluding hydrogens is 300 g/mol. The SMILES string of the molecule is C=C(C)COCCCC([SiH3])(O[Si](C)(C)C)O[Si](C)(C)C. The predicted molar refractivity (Wildman–Crippen MR) is 96.4 cm³/mol. The summed E-state index contributed by atoms with van der Waals surface area (Å²) in [5.41, 5.74) is 0.737. The maximum Gasteiger partial charge on any atom is 0.187 e. The molecule has 0 aliphatic carbocycles. The Bertz CT molecular complexity index is 290. The van der Waals surface area contributed by atoms with Crippen LogP contribution in [-0.2, 0) is 13.6 Å². The third-order valence-electron chi connectivity index (χ3n) is 2.31. The summed E-state index contributed by atoms with van der Waals surface area (Å²) in [6, 6.07) is 0. The van der Waals surface area contributed by atoms with Gasteiger partial charge in [0.25, 0.3) is 0 Å². The Balaban J connectivity index is 4.43. The van der Waals surface area contributed by atoms with Crippen LogP contribution in [0.25, 0.3) is 0 Å². The topological polar surface area (TPSA) is 27.7 Å². The van der Waals surface area contributed by atoms with Crippen molar-refractivity contribution in [1.82, 2.24) is 0 Å². The van der Waals surface area contributed by atoms with Gasteiger partial charge in [0.15, 0.2) is 16.6 Å². The molecule has 0 fully saturated rings. The van der Waals surface area contributed by atoms with Crippen molar-refractivity contribution in [1.29, 1.82) is 0 Å². The molecule has 0 N–H and O–H groups in total. The predicted octanol–water partition coefficient (Wildman–Crippen LogP) is 3.08. The molecule has 0 aliphatic rings. The molecule has 6 heteroatoms. The lowest BCUT2D eigenvalue weighted by Gasteiger charge is -2.41. The summed E-state index contributed by atoms with van der Waals surface area (Å²) in [5.74, 6) is 0. The van der Waals surface area contributed by atoms with Crippen molar-refractivity contribution in [3.05, 3.63) is 12.2 Å². The van der Waals surface area contributed by atoms with Gasteiger partial charge in [-0.15, -0.1) is 0 Å². The first-order valence-corrected chi connectivity index (χ1v) is 15.3. The zero-order valence-electron chi connectivity index (χ0n) is 14.8. The van der Waals surface area contributed by atoms with Crippen molar-refractivity contribution < 1.29 is 13.6 Å². The average Bonchev–Trinajstić information content (AvgIpc) is 2.09. The number of ether oxygens (including phenoxy) is 1. The van der Waals surface area contributed by atoms with E-state index in [-0.39, 0.29) is 5.41 Å². The summed E-state index contributed by atoms with van der Waals surface area (Å²) in [7, 11) is -2.31. The molecule has 0 unspecified atom stereocenters. The van der Waals surface area contributed by atoms with Crippen LogP contribution in [0, 0.1) is 0 Å². The Morgan fingerprint density at radius 3 is 1.85 bits per heavy atom. The monoisotopic (exact) mass is 334 g/mol. The van der Waals surface area contributed by atoms with E-state index in [9.17, 15) is 0 Å². The molecule has 0 rings (SSSR count). The van der Waals surface area contributed by atoms with Crippen LogP contribution in [-0.4, -0.2) is 45.5 Å². The summed E-state index contributed by atoms with van der Waals surface area (Å²) in [6.45, 7) is 20.6. The first-order valence-electron chi connectivity index (χ1n) is 7.45. The Morgan fingerprint density at radius 2 is 1.50 bits per heavy atom. The maximum atomic E-state index is 6.37. The average molecular weight is 335 g/mol. The van der Waals surface area contributed by atoms with Gasteiger partial charge < -0.3 is 13.6 Å². The van der Waals surface area contributed by atoms with E-state index in [4.69, 9.17) is 13.6 Å². The smallest absolute Gasteiger partial charge is 0.187 e. The van der Waals surface area contributed by atoms with Gasteiger partial charge in [-0.25, -0.2) is 0 Å². The molecule has 0 aromatic heterocycles. The molecule has 0 bridgehead atoms. The van der Waals surface area contributed by atoms with E-state index in [1.54, 1.807) is 0 Å². The van der Waals surface area contributed by atoms with Gasteiger partial charge in [0.2, 0.25) is 0 Å². The molecule has 0 saturated heterocycles. The molecule has 0 aliphatic heterocycles. The van der Waals surface area contributed by atoms with Gasteiger partial charge in [0, 0.05) is 6.61 Å². The number of rotatable bonds is 10. The van der Waals surface area contributed by atoms with E-state index in [1.807, 2.05) is 6.92 Å². The second-order valence-corrected chi connectivity index (χ2v) is 18.1. The van der Waals surface area contributed by atoms with Crippen molar-refractivity contribution in [2.24, 2.45) is 0 Å². The highest BCUT2D eigenvalue weighted by atomic mass is 28.4. The summed E-state index contributed by atoms with van der Waals surface area (Å²) >= 11 is 0. The van der Waals surface area contributed by atoms with E-state index < -0.39 is 16.6 Å². The Hall–Kier alpha value is 0.271. The van der Waals surface area contributed by atoms with E-state index >= 15 is 0 Å². The molecule has 0 aromatic rings.